The van der Waals surface area contributed by atoms with Gasteiger partial charge in [-0.3, -0.25) is 4.99 Å². The van der Waals surface area contributed by atoms with Gasteiger partial charge in [0.2, 0.25) is 0 Å². The van der Waals surface area contributed by atoms with Gasteiger partial charge in [-0.1, -0.05) is 37.3 Å². The molecule has 0 aromatic carbocycles. The fraction of sp³-hybridized carbons (Fsp3) is 0.308. The smallest absolute Gasteiger partial charge is 0.0473 e. The van der Waals surface area contributed by atoms with Crippen LogP contribution < -0.4 is 0 Å². The van der Waals surface area contributed by atoms with Crippen molar-refractivity contribution in [3.8, 4) is 0 Å². The molecule has 0 spiro atoms. The van der Waals surface area contributed by atoms with Crippen LogP contribution in [-0.2, 0) is 0 Å². The third-order valence-electron chi connectivity index (χ3n) is 2.12. The topological polar surface area (TPSA) is 12.4 Å². The highest BCUT2D eigenvalue weighted by atomic mass is 14.7. The van der Waals surface area contributed by atoms with E-state index in [0.717, 1.165) is 12.8 Å². The summed E-state index contributed by atoms with van der Waals surface area (Å²) < 4.78 is 0. The Hall–Kier alpha value is -1.37. The maximum atomic E-state index is 4.42. The van der Waals surface area contributed by atoms with Crippen LogP contribution in [0.1, 0.15) is 26.7 Å². The Kier molecular flexibility index (Phi) is 4.70. The SMILES string of the molecule is C/C=C\C=C(\CC)C1=NC=CC=CC1. The Morgan fingerprint density at radius 2 is 2.36 bits per heavy atom. The van der Waals surface area contributed by atoms with E-state index in [4.69, 9.17) is 0 Å². The van der Waals surface area contributed by atoms with Crippen LogP contribution in [0.2, 0.25) is 0 Å². The Bertz CT molecular complexity index is 314. The molecule has 1 heterocycles. The first-order chi connectivity index (χ1) is 6.88. The number of allylic oxidation sites excluding steroid dienone is 7. The van der Waals surface area contributed by atoms with Crippen molar-refractivity contribution < 1.29 is 0 Å². The summed E-state index contributed by atoms with van der Waals surface area (Å²) in [4.78, 5) is 4.42. The summed E-state index contributed by atoms with van der Waals surface area (Å²) in [5, 5.41) is 0. The molecule has 1 aliphatic heterocycles. The third kappa shape index (κ3) is 3.17. The molecule has 1 heteroatoms. The zero-order valence-corrected chi connectivity index (χ0v) is 8.90. The standard InChI is InChI=1S/C13H17N/c1-3-5-9-12(4-2)13-10-7-6-8-11-14-13/h3,5-9,11H,4,10H2,1-2H3/b5-3-,12-9-. The molecule has 0 atom stereocenters. The van der Waals surface area contributed by atoms with E-state index in [1.54, 1.807) is 0 Å². The van der Waals surface area contributed by atoms with E-state index in [1.165, 1.54) is 11.3 Å². The van der Waals surface area contributed by atoms with Crippen molar-refractivity contribution in [1.82, 2.24) is 0 Å². The predicted molar refractivity (Wildman–Crippen MR) is 63.5 cm³/mol. The highest BCUT2D eigenvalue weighted by Crippen LogP contribution is 2.10. The van der Waals surface area contributed by atoms with Crippen LogP contribution in [0.25, 0.3) is 0 Å². The molecule has 0 N–H and O–H groups in total. The molecule has 0 amide bonds. The average molecular weight is 187 g/mol. The summed E-state index contributed by atoms with van der Waals surface area (Å²) in [6.45, 7) is 4.19. The van der Waals surface area contributed by atoms with Gasteiger partial charge in [-0.2, -0.15) is 0 Å². The van der Waals surface area contributed by atoms with E-state index < -0.39 is 0 Å². The lowest BCUT2D eigenvalue weighted by Crippen LogP contribution is -1.99. The zero-order chi connectivity index (χ0) is 10.2. The Balaban J connectivity index is 2.83. The van der Waals surface area contributed by atoms with Crippen molar-refractivity contribution >= 4 is 5.71 Å². The summed E-state index contributed by atoms with van der Waals surface area (Å²) in [5.41, 5.74) is 2.50. The molecule has 74 valence electrons. The van der Waals surface area contributed by atoms with Gasteiger partial charge in [0.1, 0.15) is 0 Å². The molecule has 0 aromatic heterocycles. The van der Waals surface area contributed by atoms with Crippen LogP contribution in [0.4, 0.5) is 0 Å². The largest absolute Gasteiger partial charge is 0.261 e. The van der Waals surface area contributed by atoms with Gasteiger partial charge in [0, 0.05) is 18.3 Å². The van der Waals surface area contributed by atoms with Crippen LogP contribution in [0, 0.1) is 0 Å². The first-order valence-corrected chi connectivity index (χ1v) is 5.09. The van der Waals surface area contributed by atoms with E-state index >= 15 is 0 Å². The van der Waals surface area contributed by atoms with E-state index in [0.29, 0.717) is 0 Å². The van der Waals surface area contributed by atoms with Crippen molar-refractivity contribution in [2.75, 3.05) is 0 Å². The van der Waals surface area contributed by atoms with E-state index in [2.05, 4.69) is 30.1 Å². The van der Waals surface area contributed by atoms with Crippen LogP contribution in [0.3, 0.4) is 0 Å². The molecule has 1 aliphatic rings. The van der Waals surface area contributed by atoms with Gasteiger partial charge in [0.05, 0.1) is 0 Å². The maximum absolute atomic E-state index is 4.42. The molecular weight excluding hydrogens is 170 g/mol. The summed E-state index contributed by atoms with van der Waals surface area (Å²) in [7, 11) is 0. The molecule has 0 saturated heterocycles. The van der Waals surface area contributed by atoms with E-state index in [1.807, 2.05) is 31.4 Å². The second-order valence-corrected chi connectivity index (χ2v) is 3.12. The normalized spacial score (nSPS) is 17.3. The molecular formula is C13H17N. The molecule has 14 heavy (non-hydrogen) atoms. The lowest BCUT2D eigenvalue weighted by atomic mass is 10.0. The predicted octanol–water partition coefficient (Wildman–Crippen LogP) is 3.81. The molecule has 1 nitrogen and oxygen atoms in total. The lowest BCUT2D eigenvalue weighted by molar-refractivity contribution is 1.15. The number of nitrogens with zero attached hydrogens (tertiary/aromatic N) is 1. The van der Waals surface area contributed by atoms with Crippen LogP contribution in [0.15, 0.2) is 53.2 Å². The van der Waals surface area contributed by atoms with E-state index in [-0.39, 0.29) is 0 Å². The van der Waals surface area contributed by atoms with Crippen molar-refractivity contribution in [1.29, 1.82) is 0 Å². The minimum atomic E-state index is 0.935. The van der Waals surface area contributed by atoms with Crippen LogP contribution in [-0.4, -0.2) is 5.71 Å². The lowest BCUT2D eigenvalue weighted by Gasteiger charge is -2.04. The summed E-state index contributed by atoms with van der Waals surface area (Å²) in [6.07, 6.45) is 16.2. The molecule has 0 saturated carbocycles. The molecule has 1 rings (SSSR count). The quantitative estimate of drug-likeness (QED) is 0.596. The number of rotatable bonds is 3. The molecule has 0 bridgehead atoms. The van der Waals surface area contributed by atoms with Gasteiger partial charge in [-0.15, -0.1) is 0 Å². The molecule has 0 aliphatic carbocycles. The van der Waals surface area contributed by atoms with Crippen LogP contribution in [0.5, 0.6) is 0 Å². The highest BCUT2D eigenvalue weighted by molar-refractivity contribution is 6.01. The summed E-state index contributed by atoms with van der Waals surface area (Å²) in [6, 6.07) is 0. The fourth-order valence-electron chi connectivity index (χ4n) is 1.34. The van der Waals surface area contributed by atoms with Gasteiger partial charge in [-0.05, 0) is 25.0 Å². The molecule has 0 fully saturated rings. The van der Waals surface area contributed by atoms with Gasteiger partial charge in [-0.25, -0.2) is 0 Å². The Morgan fingerprint density at radius 3 is 3.07 bits per heavy atom. The molecule has 0 radical (unpaired) electrons. The second kappa shape index (κ2) is 6.14. The van der Waals surface area contributed by atoms with Gasteiger partial charge >= 0.3 is 0 Å². The van der Waals surface area contributed by atoms with Gasteiger partial charge < -0.3 is 0 Å². The van der Waals surface area contributed by atoms with Gasteiger partial charge in [0.15, 0.2) is 0 Å². The average Bonchev–Trinajstić information content (AvgIpc) is 2.48. The second-order valence-electron chi connectivity index (χ2n) is 3.12. The van der Waals surface area contributed by atoms with E-state index in [9.17, 15) is 0 Å². The first-order valence-electron chi connectivity index (χ1n) is 5.09. The third-order valence-corrected chi connectivity index (χ3v) is 2.12. The zero-order valence-electron chi connectivity index (χ0n) is 8.90. The summed E-state index contributed by atoms with van der Waals surface area (Å²) in [5.74, 6) is 0. The monoisotopic (exact) mass is 187 g/mol. The van der Waals surface area contributed by atoms with Crippen molar-refractivity contribution in [3.63, 3.8) is 0 Å². The highest BCUT2D eigenvalue weighted by Gasteiger charge is 2.02. The minimum absolute atomic E-state index is 0.935. The van der Waals surface area contributed by atoms with Crippen molar-refractivity contribution in [3.05, 3.63) is 48.2 Å². The number of aliphatic imine (C=N–C) groups is 1. The number of hydrogen-bond donors (Lipinski definition) is 0. The molecule has 0 aromatic rings. The van der Waals surface area contributed by atoms with Crippen molar-refractivity contribution in [2.45, 2.75) is 26.7 Å². The fourth-order valence-corrected chi connectivity index (χ4v) is 1.34. The Labute approximate surface area is 86.2 Å². The first kappa shape index (κ1) is 10.7. The maximum Gasteiger partial charge on any atom is 0.0473 e. The minimum Gasteiger partial charge on any atom is -0.261 e. The Morgan fingerprint density at radius 1 is 1.50 bits per heavy atom. The number of hydrogen-bond acceptors (Lipinski definition) is 1. The van der Waals surface area contributed by atoms with Gasteiger partial charge in [0.25, 0.3) is 0 Å². The molecule has 0 unspecified atom stereocenters. The van der Waals surface area contributed by atoms with Crippen LogP contribution >= 0.6 is 0 Å². The van der Waals surface area contributed by atoms with Crippen molar-refractivity contribution in [2.24, 2.45) is 4.99 Å². The summed E-state index contributed by atoms with van der Waals surface area (Å²) >= 11 is 0.